The summed E-state index contributed by atoms with van der Waals surface area (Å²) >= 11 is 0. The highest BCUT2D eigenvalue weighted by atomic mass is 32.2. The van der Waals surface area contributed by atoms with E-state index in [0.717, 1.165) is 38.5 Å². The zero-order valence-corrected chi connectivity index (χ0v) is 17.5. The van der Waals surface area contributed by atoms with Crippen LogP contribution in [0.5, 0.6) is 0 Å². The van der Waals surface area contributed by atoms with E-state index in [0.29, 0.717) is 13.1 Å². The lowest BCUT2D eigenvalue weighted by Gasteiger charge is -2.20. The van der Waals surface area contributed by atoms with E-state index in [2.05, 4.69) is 5.32 Å². The van der Waals surface area contributed by atoms with Gasteiger partial charge in [0.2, 0.25) is 10.0 Å². The molecule has 1 aromatic rings. The average Bonchev–Trinajstić information content (AvgIpc) is 3.00. The second-order valence-electron chi connectivity index (χ2n) is 7.00. The topological polar surface area (TPSA) is 92.8 Å². The highest BCUT2D eigenvalue weighted by Gasteiger charge is 2.26. The Balaban J connectivity index is 2.03. The number of rotatable bonds is 8. The molecule has 0 atom stereocenters. The second kappa shape index (κ2) is 10.6. The summed E-state index contributed by atoms with van der Waals surface area (Å²) in [5, 5.41) is 2.79. The van der Waals surface area contributed by atoms with E-state index in [-0.39, 0.29) is 22.4 Å². The summed E-state index contributed by atoms with van der Waals surface area (Å²) in [7, 11) is -3.65. The van der Waals surface area contributed by atoms with Gasteiger partial charge in [0.1, 0.15) is 0 Å². The van der Waals surface area contributed by atoms with Crippen LogP contribution in [0.4, 0.5) is 0 Å². The number of nitrogens with zero attached hydrogens (tertiary/aromatic N) is 1. The molecule has 0 saturated carbocycles. The molecule has 1 heterocycles. The predicted molar refractivity (Wildman–Crippen MR) is 106 cm³/mol. The summed E-state index contributed by atoms with van der Waals surface area (Å²) < 4.78 is 32.3. The molecule has 0 spiro atoms. The lowest BCUT2D eigenvalue weighted by molar-refractivity contribution is -0.125. The zero-order valence-electron chi connectivity index (χ0n) is 16.6. The fourth-order valence-electron chi connectivity index (χ4n) is 3.19. The normalized spacial score (nSPS) is 15.8. The monoisotopic (exact) mass is 410 g/mol. The molecule has 1 saturated heterocycles. The van der Waals surface area contributed by atoms with Gasteiger partial charge in [-0.25, -0.2) is 13.2 Å². The molecule has 1 aliphatic heterocycles. The number of nitrogens with one attached hydrogen (secondary N) is 1. The molecule has 0 aliphatic carbocycles. The number of ether oxygens (including phenoxy) is 1. The van der Waals surface area contributed by atoms with Gasteiger partial charge in [0.05, 0.1) is 10.5 Å². The molecule has 28 heavy (non-hydrogen) atoms. The largest absolute Gasteiger partial charge is 0.452 e. The smallest absolute Gasteiger partial charge is 0.338 e. The first-order valence-corrected chi connectivity index (χ1v) is 11.4. The standard InChI is InChI=1S/C20H30N2O5S/c1-3-17(4-2)21-19(23)15-27-20(24)16-10-9-11-18(14-16)28(25,26)22-12-7-5-6-8-13-22/h9-11,14,17H,3-8,12-13,15H2,1-2H3,(H,21,23). The van der Waals surface area contributed by atoms with E-state index in [1.54, 1.807) is 0 Å². The van der Waals surface area contributed by atoms with Gasteiger partial charge in [-0.3, -0.25) is 4.79 Å². The van der Waals surface area contributed by atoms with Crippen molar-refractivity contribution >= 4 is 21.9 Å². The number of benzene rings is 1. The number of hydrogen-bond donors (Lipinski definition) is 1. The third-order valence-corrected chi connectivity index (χ3v) is 6.85. The zero-order chi connectivity index (χ0) is 20.6. The molecule has 1 aromatic carbocycles. The molecular formula is C20H30N2O5S. The van der Waals surface area contributed by atoms with Gasteiger partial charge in [0.25, 0.3) is 5.91 Å². The molecule has 2 rings (SSSR count). The predicted octanol–water partition coefficient (Wildman–Crippen LogP) is 2.71. The maximum atomic E-state index is 12.9. The van der Waals surface area contributed by atoms with Crippen molar-refractivity contribution in [2.75, 3.05) is 19.7 Å². The molecule has 156 valence electrons. The van der Waals surface area contributed by atoms with Gasteiger partial charge in [-0.2, -0.15) is 4.31 Å². The highest BCUT2D eigenvalue weighted by molar-refractivity contribution is 7.89. The maximum Gasteiger partial charge on any atom is 0.338 e. The van der Waals surface area contributed by atoms with E-state index >= 15 is 0 Å². The van der Waals surface area contributed by atoms with Crippen molar-refractivity contribution in [2.24, 2.45) is 0 Å². The van der Waals surface area contributed by atoms with Crippen molar-refractivity contribution in [3.8, 4) is 0 Å². The van der Waals surface area contributed by atoms with Gasteiger partial charge in [-0.05, 0) is 43.9 Å². The van der Waals surface area contributed by atoms with E-state index in [4.69, 9.17) is 4.74 Å². The van der Waals surface area contributed by atoms with Crippen LogP contribution in [-0.2, 0) is 19.6 Å². The number of carbonyl (C=O) groups is 2. The molecule has 8 heteroatoms. The first-order chi connectivity index (χ1) is 13.4. The van der Waals surface area contributed by atoms with Crippen LogP contribution >= 0.6 is 0 Å². The van der Waals surface area contributed by atoms with Crippen LogP contribution in [0.3, 0.4) is 0 Å². The maximum absolute atomic E-state index is 12.9. The Morgan fingerprint density at radius 3 is 2.36 bits per heavy atom. The van der Waals surface area contributed by atoms with E-state index < -0.39 is 22.6 Å². The molecule has 0 unspecified atom stereocenters. The van der Waals surface area contributed by atoms with Gasteiger partial charge < -0.3 is 10.1 Å². The van der Waals surface area contributed by atoms with Gasteiger partial charge in [0.15, 0.2) is 6.61 Å². The van der Waals surface area contributed by atoms with Crippen molar-refractivity contribution in [2.45, 2.75) is 63.3 Å². The quantitative estimate of drug-likeness (QED) is 0.665. The number of sulfonamides is 1. The SMILES string of the molecule is CCC(CC)NC(=O)COC(=O)c1cccc(S(=O)(=O)N2CCCCCC2)c1. The first kappa shape index (κ1) is 22.4. The molecule has 7 nitrogen and oxygen atoms in total. The summed E-state index contributed by atoms with van der Waals surface area (Å²) in [6.07, 6.45) is 5.33. The summed E-state index contributed by atoms with van der Waals surface area (Å²) in [6, 6.07) is 5.86. The fourth-order valence-corrected chi connectivity index (χ4v) is 4.75. The van der Waals surface area contributed by atoms with Crippen molar-refractivity contribution in [1.82, 2.24) is 9.62 Å². The minimum atomic E-state index is -3.65. The molecular weight excluding hydrogens is 380 g/mol. The Morgan fingerprint density at radius 2 is 1.75 bits per heavy atom. The van der Waals surface area contributed by atoms with E-state index in [1.807, 2.05) is 13.8 Å². The van der Waals surface area contributed by atoms with Crippen molar-refractivity contribution < 1.29 is 22.7 Å². The van der Waals surface area contributed by atoms with E-state index in [1.165, 1.54) is 28.6 Å². The van der Waals surface area contributed by atoms with Crippen LogP contribution in [-0.4, -0.2) is 50.3 Å². The molecule has 0 aromatic heterocycles. The number of esters is 1. The van der Waals surface area contributed by atoms with Crippen molar-refractivity contribution in [1.29, 1.82) is 0 Å². The third kappa shape index (κ3) is 6.04. The molecule has 1 amide bonds. The van der Waals surface area contributed by atoms with Gasteiger partial charge in [-0.15, -0.1) is 0 Å². The average molecular weight is 411 g/mol. The number of carbonyl (C=O) groups excluding carboxylic acids is 2. The van der Waals surface area contributed by atoms with Gasteiger partial charge in [-0.1, -0.05) is 32.8 Å². The molecule has 0 bridgehead atoms. The number of amides is 1. The Bertz CT molecular complexity index is 767. The Morgan fingerprint density at radius 1 is 1.11 bits per heavy atom. The van der Waals surface area contributed by atoms with E-state index in [9.17, 15) is 18.0 Å². The highest BCUT2D eigenvalue weighted by Crippen LogP contribution is 2.21. The first-order valence-electron chi connectivity index (χ1n) is 9.95. The summed E-state index contributed by atoms with van der Waals surface area (Å²) in [4.78, 5) is 24.2. The molecule has 1 fully saturated rings. The summed E-state index contributed by atoms with van der Waals surface area (Å²) in [5.74, 6) is -1.08. The number of hydrogen-bond acceptors (Lipinski definition) is 5. The molecule has 1 N–H and O–H groups in total. The van der Waals surface area contributed by atoms with Crippen LogP contribution in [0.1, 0.15) is 62.7 Å². The minimum Gasteiger partial charge on any atom is -0.452 e. The lowest BCUT2D eigenvalue weighted by atomic mass is 10.2. The van der Waals surface area contributed by atoms with Gasteiger partial charge >= 0.3 is 5.97 Å². The fraction of sp³-hybridized carbons (Fsp3) is 0.600. The minimum absolute atomic E-state index is 0.0493. The van der Waals surface area contributed by atoms with Crippen LogP contribution < -0.4 is 5.32 Å². The Kier molecular flexibility index (Phi) is 8.44. The van der Waals surface area contributed by atoms with Crippen LogP contribution in [0.25, 0.3) is 0 Å². The van der Waals surface area contributed by atoms with Crippen molar-refractivity contribution in [3.63, 3.8) is 0 Å². The molecule has 1 aliphatic rings. The second-order valence-corrected chi connectivity index (χ2v) is 8.94. The Labute approximate surface area is 167 Å². The van der Waals surface area contributed by atoms with Crippen LogP contribution in [0.15, 0.2) is 29.2 Å². The van der Waals surface area contributed by atoms with Crippen LogP contribution in [0, 0.1) is 0 Å². The Hall–Kier alpha value is -1.93. The summed E-state index contributed by atoms with van der Waals surface area (Å²) in [6.45, 7) is 4.53. The van der Waals surface area contributed by atoms with Gasteiger partial charge in [0, 0.05) is 19.1 Å². The van der Waals surface area contributed by atoms with Crippen LogP contribution in [0.2, 0.25) is 0 Å². The van der Waals surface area contributed by atoms with Crippen molar-refractivity contribution in [3.05, 3.63) is 29.8 Å². The summed E-state index contributed by atoms with van der Waals surface area (Å²) in [5.41, 5.74) is 0.117. The molecule has 0 radical (unpaired) electrons. The lowest BCUT2D eigenvalue weighted by Crippen LogP contribution is -2.36. The third-order valence-electron chi connectivity index (χ3n) is 4.96.